The second kappa shape index (κ2) is 10.2. The molecule has 0 aliphatic carbocycles. The Hall–Kier alpha value is -2.74. The molecule has 0 heterocycles. The van der Waals surface area contributed by atoms with Crippen LogP contribution in [0.2, 0.25) is 0 Å². The third kappa shape index (κ3) is 5.63. The summed E-state index contributed by atoms with van der Waals surface area (Å²) in [6.07, 6.45) is 1.73. The highest BCUT2D eigenvalue weighted by molar-refractivity contribution is 7.92. The Labute approximate surface area is 172 Å². The van der Waals surface area contributed by atoms with Crippen molar-refractivity contribution in [2.24, 2.45) is 0 Å². The van der Waals surface area contributed by atoms with Crippen LogP contribution in [0.1, 0.15) is 26.7 Å². The first-order valence-electron chi connectivity index (χ1n) is 9.42. The zero-order chi connectivity index (χ0) is 21.4. The molecule has 0 spiro atoms. The van der Waals surface area contributed by atoms with Crippen LogP contribution < -0.4 is 19.1 Å². The SMILES string of the molecule is CCC[C@@H](C)NC(=O)CN(c1ccc(OC)c(OC)c1)S(=O)(=O)c1ccccc1. The van der Waals surface area contributed by atoms with Gasteiger partial charge in [0, 0.05) is 12.1 Å². The topological polar surface area (TPSA) is 84.9 Å². The molecule has 7 nitrogen and oxygen atoms in total. The quantitative estimate of drug-likeness (QED) is 0.638. The minimum atomic E-state index is -3.97. The summed E-state index contributed by atoms with van der Waals surface area (Å²) in [5.41, 5.74) is 0.310. The van der Waals surface area contributed by atoms with Gasteiger partial charge in [-0.1, -0.05) is 31.5 Å². The summed E-state index contributed by atoms with van der Waals surface area (Å²) in [4.78, 5) is 12.7. The standard InChI is InChI=1S/C21H28N2O5S/c1-5-9-16(2)22-21(24)15-23(29(25,26)18-10-7-6-8-11-18)17-12-13-19(27-3)20(14-17)28-4/h6-8,10-14,16H,5,9,15H2,1-4H3,(H,22,24)/t16-/m1/s1. The van der Waals surface area contributed by atoms with Gasteiger partial charge >= 0.3 is 0 Å². The second-order valence-electron chi connectivity index (χ2n) is 6.62. The summed E-state index contributed by atoms with van der Waals surface area (Å²) >= 11 is 0. The molecule has 1 N–H and O–H groups in total. The average molecular weight is 421 g/mol. The van der Waals surface area contributed by atoms with Gasteiger partial charge in [0.05, 0.1) is 24.8 Å². The predicted molar refractivity (Wildman–Crippen MR) is 113 cm³/mol. The molecule has 0 radical (unpaired) electrons. The van der Waals surface area contributed by atoms with E-state index in [4.69, 9.17) is 9.47 Å². The minimum absolute atomic E-state index is 0.0424. The number of hydrogen-bond acceptors (Lipinski definition) is 5. The number of hydrogen-bond donors (Lipinski definition) is 1. The van der Waals surface area contributed by atoms with Gasteiger partial charge in [-0.05, 0) is 37.6 Å². The van der Waals surface area contributed by atoms with Gasteiger partial charge in [-0.15, -0.1) is 0 Å². The maximum Gasteiger partial charge on any atom is 0.264 e. The fourth-order valence-corrected chi connectivity index (χ4v) is 4.40. The molecule has 1 atom stereocenters. The maximum atomic E-state index is 13.3. The van der Waals surface area contributed by atoms with E-state index in [1.165, 1.54) is 26.4 Å². The molecule has 0 aliphatic heterocycles. The van der Waals surface area contributed by atoms with E-state index in [-0.39, 0.29) is 23.4 Å². The van der Waals surface area contributed by atoms with E-state index in [0.717, 1.165) is 17.1 Å². The zero-order valence-corrected chi connectivity index (χ0v) is 18.0. The first-order chi connectivity index (χ1) is 13.8. The maximum absolute atomic E-state index is 13.3. The number of benzene rings is 2. The van der Waals surface area contributed by atoms with Crippen molar-refractivity contribution in [3.63, 3.8) is 0 Å². The summed E-state index contributed by atoms with van der Waals surface area (Å²) in [5, 5.41) is 2.85. The van der Waals surface area contributed by atoms with Gasteiger partial charge in [0.25, 0.3) is 10.0 Å². The van der Waals surface area contributed by atoms with Crippen molar-refractivity contribution >= 4 is 21.6 Å². The highest BCUT2D eigenvalue weighted by Crippen LogP contribution is 2.33. The molecule has 158 valence electrons. The Kier molecular flexibility index (Phi) is 7.90. The van der Waals surface area contributed by atoms with E-state index in [0.29, 0.717) is 17.2 Å². The van der Waals surface area contributed by atoms with Crippen LogP contribution in [0.25, 0.3) is 0 Å². The van der Waals surface area contributed by atoms with Crippen LogP contribution in [-0.4, -0.2) is 41.1 Å². The lowest BCUT2D eigenvalue weighted by Crippen LogP contribution is -2.43. The largest absolute Gasteiger partial charge is 0.493 e. The molecule has 0 aromatic heterocycles. The normalized spacial score (nSPS) is 12.1. The Bertz CT molecular complexity index is 916. The lowest BCUT2D eigenvalue weighted by Gasteiger charge is -2.25. The number of nitrogens with one attached hydrogen (secondary N) is 1. The molecule has 0 bridgehead atoms. The molecule has 1 amide bonds. The number of carbonyl (C=O) groups is 1. The third-order valence-electron chi connectivity index (χ3n) is 4.40. The lowest BCUT2D eigenvalue weighted by molar-refractivity contribution is -0.120. The number of nitrogens with zero attached hydrogens (tertiary/aromatic N) is 1. The summed E-state index contributed by atoms with van der Waals surface area (Å²) in [7, 11) is -0.998. The number of ether oxygens (including phenoxy) is 2. The van der Waals surface area contributed by atoms with Gasteiger partial charge in [0.15, 0.2) is 11.5 Å². The smallest absolute Gasteiger partial charge is 0.264 e. The molecule has 0 aliphatic rings. The number of anilines is 1. The number of rotatable bonds is 10. The molecule has 0 fully saturated rings. The van der Waals surface area contributed by atoms with E-state index >= 15 is 0 Å². The highest BCUT2D eigenvalue weighted by atomic mass is 32.2. The van der Waals surface area contributed by atoms with Crippen molar-refractivity contribution in [1.29, 1.82) is 0 Å². The molecular weight excluding hydrogens is 392 g/mol. The Balaban J connectivity index is 2.45. The first-order valence-corrected chi connectivity index (χ1v) is 10.9. The summed E-state index contributed by atoms with van der Waals surface area (Å²) in [6.45, 7) is 3.58. The van der Waals surface area contributed by atoms with Crippen molar-refractivity contribution in [3.8, 4) is 11.5 Å². The van der Waals surface area contributed by atoms with Crippen molar-refractivity contribution in [1.82, 2.24) is 5.32 Å². The van der Waals surface area contributed by atoms with Crippen molar-refractivity contribution in [2.75, 3.05) is 25.1 Å². The minimum Gasteiger partial charge on any atom is -0.493 e. The van der Waals surface area contributed by atoms with Crippen molar-refractivity contribution < 1.29 is 22.7 Å². The van der Waals surface area contributed by atoms with Gasteiger partial charge in [-0.25, -0.2) is 8.42 Å². The van der Waals surface area contributed by atoms with Crippen molar-refractivity contribution in [2.45, 2.75) is 37.6 Å². The Morgan fingerprint density at radius 2 is 1.72 bits per heavy atom. The van der Waals surface area contributed by atoms with E-state index in [2.05, 4.69) is 5.32 Å². The first kappa shape index (κ1) is 22.5. The molecule has 2 rings (SSSR count). The molecular formula is C21H28N2O5S. The molecule has 0 saturated carbocycles. The van der Waals surface area contributed by atoms with Gasteiger partial charge < -0.3 is 14.8 Å². The monoisotopic (exact) mass is 420 g/mol. The van der Waals surface area contributed by atoms with E-state index < -0.39 is 10.0 Å². The number of methoxy groups -OCH3 is 2. The van der Waals surface area contributed by atoms with Crippen LogP contribution in [-0.2, 0) is 14.8 Å². The van der Waals surface area contributed by atoms with Gasteiger partial charge in [0.1, 0.15) is 6.54 Å². The van der Waals surface area contributed by atoms with Gasteiger partial charge in [-0.3, -0.25) is 9.10 Å². The summed E-state index contributed by atoms with van der Waals surface area (Å²) in [6, 6.07) is 12.7. The highest BCUT2D eigenvalue weighted by Gasteiger charge is 2.28. The van der Waals surface area contributed by atoms with Gasteiger partial charge in [-0.2, -0.15) is 0 Å². The molecule has 29 heavy (non-hydrogen) atoms. The molecule has 2 aromatic rings. The number of amides is 1. The van der Waals surface area contributed by atoms with E-state index in [9.17, 15) is 13.2 Å². The third-order valence-corrected chi connectivity index (χ3v) is 6.19. The molecule has 8 heteroatoms. The second-order valence-corrected chi connectivity index (χ2v) is 8.48. The number of sulfonamides is 1. The van der Waals surface area contributed by atoms with E-state index in [1.54, 1.807) is 36.4 Å². The van der Waals surface area contributed by atoms with Crippen molar-refractivity contribution in [3.05, 3.63) is 48.5 Å². The molecule has 0 saturated heterocycles. The van der Waals surface area contributed by atoms with Crippen LogP contribution in [0, 0.1) is 0 Å². The van der Waals surface area contributed by atoms with Crippen LogP contribution in [0.3, 0.4) is 0 Å². The van der Waals surface area contributed by atoms with Crippen LogP contribution in [0.15, 0.2) is 53.4 Å². The fourth-order valence-electron chi connectivity index (χ4n) is 2.97. The molecule has 2 aromatic carbocycles. The van der Waals surface area contributed by atoms with Crippen LogP contribution in [0.4, 0.5) is 5.69 Å². The summed E-state index contributed by atoms with van der Waals surface area (Å²) < 4.78 is 38.2. The average Bonchev–Trinajstić information content (AvgIpc) is 2.72. The number of carbonyl (C=O) groups excluding carboxylic acids is 1. The van der Waals surface area contributed by atoms with Crippen LogP contribution in [0.5, 0.6) is 11.5 Å². The summed E-state index contributed by atoms with van der Waals surface area (Å²) in [5.74, 6) is 0.465. The fraction of sp³-hybridized carbons (Fsp3) is 0.381. The Morgan fingerprint density at radius 3 is 2.31 bits per heavy atom. The van der Waals surface area contributed by atoms with Crippen LogP contribution >= 0.6 is 0 Å². The lowest BCUT2D eigenvalue weighted by atomic mass is 10.2. The zero-order valence-electron chi connectivity index (χ0n) is 17.2. The Morgan fingerprint density at radius 1 is 1.07 bits per heavy atom. The van der Waals surface area contributed by atoms with Gasteiger partial charge in [0.2, 0.25) is 5.91 Å². The molecule has 0 unspecified atom stereocenters. The van der Waals surface area contributed by atoms with E-state index in [1.807, 2.05) is 13.8 Å². The predicted octanol–water partition coefficient (Wildman–Crippen LogP) is 3.20.